The minimum atomic E-state index is -4.33. The zero-order valence-corrected chi connectivity index (χ0v) is 10.5. The van der Waals surface area contributed by atoms with Crippen molar-refractivity contribution in [2.75, 3.05) is 7.11 Å². The molecule has 1 nitrogen and oxygen atoms in total. The van der Waals surface area contributed by atoms with Crippen LogP contribution in [0.2, 0.25) is 0 Å². The molecular formula is C13H17F3O. The lowest BCUT2D eigenvalue weighted by molar-refractivity contribution is -0.137. The highest BCUT2D eigenvalue weighted by Crippen LogP contribution is 2.34. The number of ether oxygens (including phenoxy) is 1. The van der Waals surface area contributed by atoms with E-state index in [2.05, 4.69) is 0 Å². The number of methoxy groups -OCH3 is 1. The van der Waals surface area contributed by atoms with Crippen molar-refractivity contribution in [2.24, 2.45) is 5.41 Å². The molecule has 0 saturated heterocycles. The van der Waals surface area contributed by atoms with Gasteiger partial charge in [0.25, 0.3) is 0 Å². The predicted molar refractivity (Wildman–Crippen MR) is 61.2 cm³/mol. The average Bonchev–Trinajstić information content (AvgIpc) is 2.13. The molecule has 1 aromatic rings. The summed E-state index contributed by atoms with van der Waals surface area (Å²) in [7, 11) is 1.37. The first kappa shape index (κ1) is 13.9. The molecule has 0 atom stereocenters. The highest BCUT2D eigenvalue weighted by Gasteiger charge is 2.31. The van der Waals surface area contributed by atoms with Gasteiger partial charge in [0.05, 0.1) is 12.7 Å². The van der Waals surface area contributed by atoms with Gasteiger partial charge in [-0.1, -0.05) is 20.8 Å². The highest BCUT2D eigenvalue weighted by atomic mass is 19.4. The molecule has 1 rings (SSSR count). The van der Waals surface area contributed by atoms with Crippen LogP contribution in [0.4, 0.5) is 13.2 Å². The molecule has 0 saturated carbocycles. The van der Waals surface area contributed by atoms with Gasteiger partial charge in [0.2, 0.25) is 0 Å². The monoisotopic (exact) mass is 246 g/mol. The van der Waals surface area contributed by atoms with Gasteiger partial charge in [-0.2, -0.15) is 13.2 Å². The molecule has 0 aromatic heterocycles. The fourth-order valence-electron chi connectivity index (χ4n) is 1.66. The van der Waals surface area contributed by atoms with Gasteiger partial charge >= 0.3 is 6.18 Å². The second kappa shape index (κ2) is 4.59. The summed E-state index contributed by atoms with van der Waals surface area (Å²) in [5.74, 6) is 0.249. The average molecular weight is 246 g/mol. The van der Waals surface area contributed by atoms with Gasteiger partial charge in [-0.25, -0.2) is 0 Å². The summed E-state index contributed by atoms with van der Waals surface area (Å²) in [6.07, 6.45) is -3.76. The molecule has 1 aromatic carbocycles. The zero-order valence-electron chi connectivity index (χ0n) is 10.5. The molecule has 0 unspecified atom stereocenters. The number of alkyl halides is 3. The van der Waals surface area contributed by atoms with E-state index in [0.29, 0.717) is 12.0 Å². The van der Waals surface area contributed by atoms with Crippen LogP contribution in [0.3, 0.4) is 0 Å². The van der Waals surface area contributed by atoms with Gasteiger partial charge in [-0.3, -0.25) is 0 Å². The van der Waals surface area contributed by atoms with Crippen LogP contribution in [-0.2, 0) is 12.6 Å². The van der Waals surface area contributed by atoms with Crippen molar-refractivity contribution in [3.63, 3.8) is 0 Å². The minimum Gasteiger partial charge on any atom is -0.497 e. The Balaban J connectivity index is 3.15. The van der Waals surface area contributed by atoms with Crippen molar-refractivity contribution in [3.05, 3.63) is 29.3 Å². The van der Waals surface area contributed by atoms with Crippen LogP contribution in [0.5, 0.6) is 5.75 Å². The first-order valence-corrected chi connectivity index (χ1v) is 5.37. The lowest BCUT2D eigenvalue weighted by Crippen LogP contribution is -2.11. The van der Waals surface area contributed by atoms with Crippen LogP contribution >= 0.6 is 0 Å². The smallest absolute Gasteiger partial charge is 0.416 e. The van der Waals surface area contributed by atoms with Crippen molar-refractivity contribution in [2.45, 2.75) is 33.4 Å². The molecule has 0 aliphatic rings. The second-order valence-corrected chi connectivity index (χ2v) is 5.30. The SMILES string of the molecule is COc1cc(CC(C)(C)C)cc(C(F)(F)F)c1. The molecule has 0 aliphatic carbocycles. The summed E-state index contributed by atoms with van der Waals surface area (Å²) in [6.45, 7) is 5.96. The largest absolute Gasteiger partial charge is 0.497 e. The zero-order chi connectivity index (χ0) is 13.3. The second-order valence-electron chi connectivity index (χ2n) is 5.30. The fraction of sp³-hybridized carbons (Fsp3) is 0.538. The molecule has 4 heteroatoms. The summed E-state index contributed by atoms with van der Waals surface area (Å²) < 4.78 is 42.9. The first-order chi connectivity index (χ1) is 7.62. The van der Waals surface area contributed by atoms with E-state index in [1.807, 2.05) is 20.8 Å². The summed E-state index contributed by atoms with van der Waals surface area (Å²) in [5.41, 5.74) is -0.0739. The summed E-state index contributed by atoms with van der Waals surface area (Å²) >= 11 is 0. The normalized spacial score (nSPS) is 12.6. The van der Waals surface area contributed by atoms with Gasteiger partial charge in [-0.05, 0) is 35.6 Å². The lowest BCUT2D eigenvalue weighted by Gasteiger charge is -2.19. The Bertz CT molecular complexity index is 389. The van der Waals surface area contributed by atoms with E-state index < -0.39 is 11.7 Å². The number of halogens is 3. The van der Waals surface area contributed by atoms with Gasteiger partial charge in [0.1, 0.15) is 5.75 Å². The van der Waals surface area contributed by atoms with Gasteiger partial charge in [-0.15, -0.1) is 0 Å². The van der Waals surface area contributed by atoms with E-state index in [4.69, 9.17) is 4.74 Å². The van der Waals surface area contributed by atoms with Gasteiger partial charge in [0, 0.05) is 0 Å². The Morgan fingerprint density at radius 3 is 2.06 bits per heavy atom. The molecule has 0 N–H and O–H groups in total. The quantitative estimate of drug-likeness (QED) is 0.755. The molecule has 0 bridgehead atoms. The Labute approximate surface area is 99.6 Å². The van der Waals surface area contributed by atoms with Crippen LogP contribution in [0.15, 0.2) is 18.2 Å². The molecule has 0 heterocycles. The van der Waals surface area contributed by atoms with E-state index in [1.165, 1.54) is 13.2 Å². The molecular weight excluding hydrogens is 229 g/mol. The van der Waals surface area contributed by atoms with Gasteiger partial charge < -0.3 is 4.74 Å². The van der Waals surface area contributed by atoms with Crippen LogP contribution in [0.25, 0.3) is 0 Å². The molecule has 96 valence electrons. The van der Waals surface area contributed by atoms with Crippen molar-refractivity contribution in [1.29, 1.82) is 0 Å². The third kappa shape index (κ3) is 4.29. The van der Waals surface area contributed by atoms with E-state index >= 15 is 0 Å². The van der Waals surface area contributed by atoms with Gasteiger partial charge in [0.15, 0.2) is 0 Å². The molecule has 0 aliphatic heterocycles. The van der Waals surface area contributed by atoms with Crippen LogP contribution in [-0.4, -0.2) is 7.11 Å². The van der Waals surface area contributed by atoms with Crippen LogP contribution in [0, 0.1) is 5.41 Å². The number of hydrogen-bond acceptors (Lipinski definition) is 1. The van der Waals surface area contributed by atoms with E-state index in [-0.39, 0.29) is 11.2 Å². The Hall–Kier alpha value is -1.19. The summed E-state index contributed by atoms with van der Waals surface area (Å²) in [5, 5.41) is 0. The standard InChI is InChI=1S/C13H17F3O/c1-12(2,3)8-9-5-10(13(14,15)16)7-11(6-9)17-4/h5-7H,8H2,1-4H3. The summed E-state index contributed by atoms with van der Waals surface area (Å²) in [4.78, 5) is 0. The maximum Gasteiger partial charge on any atom is 0.416 e. The molecule has 0 spiro atoms. The van der Waals surface area contributed by atoms with Crippen molar-refractivity contribution < 1.29 is 17.9 Å². The Morgan fingerprint density at radius 2 is 1.65 bits per heavy atom. The number of rotatable bonds is 2. The van der Waals surface area contributed by atoms with Crippen molar-refractivity contribution in [1.82, 2.24) is 0 Å². The number of benzene rings is 1. The lowest BCUT2D eigenvalue weighted by atomic mass is 9.87. The molecule has 0 fully saturated rings. The highest BCUT2D eigenvalue weighted by molar-refractivity contribution is 5.36. The first-order valence-electron chi connectivity index (χ1n) is 5.37. The summed E-state index contributed by atoms with van der Waals surface area (Å²) in [6, 6.07) is 3.86. The molecule has 17 heavy (non-hydrogen) atoms. The maximum absolute atomic E-state index is 12.7. The van der Waals surface area contributed by atoms with Crippen molar-refractivity contribution in [3.8, 4) is 5.75 Å². The topological polar surface area (TPSA) is 9.23 Å². The number of hydrogen-bond donors (Lipinski definition) is 0. The fourth-order valence-corrected chi connectivity index (χ4v) is 1.66. The van der Waals surface area contributed by atoms with E-state index in [0.717, 1.165) is 6.07 Å². The molecule has 0 radical (unpaired) electrons. The predicted octanol–water partition coefficient (Wildman–Crippen LogP) is 4.30. The van der Waals surface area contributed by atoms with Crippen LogP contribution < -0.4 is 4.74 Å². The Kier molecular flexibility index (Phi) is 3.74. The minimum absolute atomic E-state index is 0.0603. The van der Waals surface area contributed by atoms with E-state index in [9.17, 15) is 13.2 Å². The van der Waals surface area contributed by atoms with Crippen LogP contribution in [0.1, 0.15) is 31.9 Å². The Morgan fingerprint density at radius 1 is 1.06 bits per heavy atom. The molecule has 0 amide bonds. The van der Waals surface area contributed by atoms with Crippen molar-refractivity contribution >= 4 is 0 Å². The third-order valence-electron chi connectivity index (χ3n) is 2.26. The third-order valence-corrected chi connectivity index (χ3v) is 2.26. The van der Waals surface area contributed by atoms with E-state index in [1.54, 1.807) is 6.07 Å². The maximum atomic E-state index is 12.7.